The Kier molecular flexibility index (Phi) is 1.90. The standard InChI is InChI=1S/C9H19N3/c1-11-6-8-4-3-5-12(2)9(8,10)7-11/h8H,3-7,10H2,1-2H3/t8-,9+/m0/s1. The number of hydrogen-bond donors (Lipinski definition) is 1. The van der Waals surface area contributed by atoms with Crippen LogP contribution in [0.1, 0.15) is 12.8 Å². The van der Waals surface area contributed by atoms with Gasteiger partial charge in [0.05, 0.1) is 5.66 Å². The summed E-state index contributed by atoms with van der Waals surface area (Å²) >= 11 is 0. The summed E-state index contributed by atoms with van der Waals surface area (Å²) in [5, 5.41) is 0. The molecule has 0 saturated carbocycles. The van der Waals surface area contributed by atoms with Gasteiger partial charge in [-0.05, 0) is 33.5 Å². The monoisotopic (exact) mass is 169 g/mol. The lowest BCUT2D eigenvalue weighted by Crippen LogP contribution is -2.62. The van der Waals surface area contributed by atoms with Gasteiger partial charge in [0.2, 0.25) is 0 Å². The summed E-state index contributed by atoms with van der Waals surface area (Å²) < 4.78 is 0. The van der Waals surface area contributed by atoms with Gasteiger partial charge < -0.3 is 10.6 Å². The molecule has 70 valence electrons. The zero-order valence-electron chi connectivity index (χ0n) is 8.08. The first-order chi connectivity index (χ1) is 5.63. The third kappa shape index (κ3) is 1.08. The molecule has 0 aromatic heterocycles. The molecule has 2 rings (SSSR count). The Balaban J connectivity index is 2.18. The summed E-state index contributed by atoms with van der Waals surface area (Å²) in [6.07, 6.45) is 2.62. The Morgan fingerprint density at radius 2 is 2.17 bits per heavy atom. The summed E-state index contributed by atoms with van der Waals surface area (Å²) in [4.78, 5) is 4.69. The molecule has 0 aromatic carbocycles. The largest absolute Gasteiger partial charge is 0.312 e. The average molecular weight is 169 g/mol. The summed E-state index contributed by atoms with van der Waals surface area (Å²) in [5.74, 6) is 0.696. The van der Waals surface area contributed by atoms with Crippen LogP contribution < -0.4 is 5.73 Å². The summed E-state index contributed by atoms with van der Waals surface area (Å²) in [7, 11) is 4.33. The quantitative estimate of drug-likeness (QED) is 0.551. The fraction of sp³-hybridized carbons (Fsp3) is 1.00. The molecule has 0 unspecified atom stereocenters. The summed E-state index contributed by atoms with van der Waals surface area (Å²) in [5.41, 5.74) is 6.36. The lowest BCUT2D eigenvalue weighted by atomic mass is 9.87. The number of likely N-dealkylation sites (N-methyl/N-ethyl adjacent to an activating group) is 2. The smallest absolute Gasteiger partial charge is 0.0856 e. The van der Waals surface area contributed by atoms with Crippen molar-refractivity contribution in [1.82, 2.24) is 9.80 Å². The van der Waals surface area contributed by atoms with Crippen molar-refractivity contribution in [2.45, 2.75) is 18.5 Å². The lowest BCUT2D eigenvalue weighted by molar-refractivity contribution is 0.0540. The molecule has 12 heavy (non-hydrogen) atoms. The second-order valence-electron chi connectivity index (χ2n) is 4.45. The summed E-state index contributed by atoms with van der Waals surface area (Å²) in [6.45, 7) is 3.38. The lowest BCUT2D eigenvalue weighted by Gasteiger charge is -2.43. The highest BCUT2D eigenvalue weighted by atomic mass is 15.3. The van der Waals surface area contributed by atoms with E-state index in [2.05, 4.69) is 23.9 Å². The van der Waals surface area contributed by atoms with E-state index in [1.807, 2.05) is 0 Å². The highest BCUT2D eigenvalue weighted by Crippen LogP contribution is 2.34. The minimum atomic E-state index is -0.0208. The Morgan fingerprint density at radius 3 is 2.83 bits per heavy atom. The van der Waals surface area contributed by atoms with Crippen molar-refractivity contribution in [2.75, 3.05) is 33.7 Å². The number of rotatable bonds is 0. The maximum Gasteiger partial charge on any atom is 0.0856 e. The van der Waals surface area contributed by atoms with Crippen molar-refractivity contribution in [2.24, 2.45) is 11.7 Å². The maximum atomic E-state index is 6.38. The van der Waals surface area contributed by atoms with Gasteiger partial charge in [-0.1, -0.05) is 0 Å². The highest BCUT2D eigenvalue weighted by molar-refractivity contribution is 5.01. The topological polar surface area (TPSA) is 32.5 Å². The van der Waals surface area contributed by atoms with Gasteiger partial charge in [-0.2, -0.15) is 0 Å². The van der Waals surface area contributed by atoms with Gasteiger partial charge in [-0.25, -0.2) is 0 Å². The van der Waals surface area contributed by atoms with Crippen molar-refractivity contribution < 1.29 is 0 Å². The molecular formula is C9H19N3. The van der Waals surface area contributed by atoms with Gasteiger partial charge in [0.15, 0.2) is 0 Å². The van der Waals surface area contributed by atoms with E-state index in [0.29, 0.717) is 5.92 Å². The van der Waals surface area contributed by atoms with Crippen molar-refractivity contribution in [3.8, 4) is 0 Å². The first-order valence-corrected chi connectivity index (χ1v) is 4.81. The van der Waals surface area contributed by atoms with E-state index in [1.165, 1.54) is 25.9 Å². The third-order valence-electron chi connectivity index (χ3n) is 3.52. The second kappa shape index (κ2) is 2.69. The minimum absolute atomic E-state index is 0.0208. The zero-order chi connectivity index (χ0) is 8.77. The van der Waals surface area contributed by atoms with Crippen molar-refractivity contribution in [3.05, 3.63) is 0 Å². The van der Waals surface area contributed by atoms with Gasteiger partial charge in [0, 0.05) is 19.0 Å². The fourth-order valence-corrected chi connectivity index (χ4v) is 2.72. The van der Waals surface area contributed by atoms with Crippen LogP contribution >= 0.6 is 0 Å². The van der Waals surface area contributed by atoms with Crippen LogP contribution in [0.5, 0.6) is 0 Å². The Hall–Kier alpha value is -0.120. The van der Waals surface area contributed by atoms with E-state index in [9.17, 15) is 0 Å². The molecule has 0 aliphatic carbocycles. The second-order valence-corrected chi connectivity index (χ2v) is 4.45. The number of nitrogens with two attached hydrogens (primary N) is 1. The fourth-order valence-electron chi connectivity index (χ4n) is 2.72. The first-order valence-electron chi connectivity index (χ1n) is 4.81. The molecule has 2 aliphatic rings. The molecule has 2 heterocycles. The molecule has 0 radical (unpaired) electrons. The van der Waals surface area contributed by atoms with Crippen LogP contribution in [0.2, 0.25) is 0 Å². The van der Waals surface area contributed by atoms with E-state index in [0.717, 1.165) is 6.54 Å². The summed E-state index contributed by atoms with van der Waals surface area (Å²) in [6, 6.07) is 0. The van der Waals surface area contributed by atoms with Crippen LogP contribution in [0.3, 0.4) is 0 Å². The van der Waals surface area contributed by atoms with Gasteiger partial charge in [-0.15, -0.1) is 0 Å². The van der Waals surface area contributed by atoms with E-state index in [-0.39, 0.29) is 5.66 Å². The van der Waals surface area contributed by atoms with Gasteiger partial charge in [0.1, 0.15) is 0 Å². The number of nitrogens with zero attached hydrogens (tertiary/aromatic N) is 2. The zero-order valence-corrected chi connectivity index (χ0v) is 8.08. The Morgan fingerprint density at radius 1 is 1.42 bits per heavy atom. The molecule has 2 atom stereocenters. The molecule has 2 N–H and O–H groups in total. The normalized spacial score (nSPS) is 44.8. The van der Waals surface area contributed by atoms with Crippen LogP contribution in [0.15, 0.2) is 0 Å². The van der Waals surface area contributed by atoms with Crippen LogP contribution in [0.25, 0.3) is 0 Å². The van der Waals surface area contributed by atoms with Crippen molar-refractivity contribution >= 4 is 0 Å². The molecule has 2 aliphatic heterocycles. The maximum absolute atomic E-state index is 6.38. The predicted molar refractivity (Wildman–Crippen MR) is 49.8 cm³/mol. The van der Waals surface area contributed by atoms with Crippen molar-refractivity contribution in [3.63, 3.8) is 0 Å². The minimum Gasteiger partial charge on any atom is -0.312 e. The van der Waals surface area contributed by atoms with E-state index < -0.39 is 0 Å². The molecule has 3 heteroatoms. The molecule has 2 saturated heterocycles. The molecule has 0 spiro atoms. The molecule has 0 bridgehead atoms. The molecule has 0 amide bonds. The third-order valence-corrected chi connectivity index (χ3v) is 3.52. The average Bonchev–Trinajstić information content (AvgIpc) is 2.27. The molecular weight excluding hydrogens is 150 g/mol. The highest BCUT2D eigenvalue weighted by Gasteiger charge is 2.46. The number of hydrogen-bond acceptors (Lipinski definition) is 3. The first kappa shape index (κ1) is 8.48. The van der Waals surface area contributed by atoms with E-state index >= 15 is 0 Å². The van der Waals surface area contributed by atoms with E-state index in [1.54, 1.807) is 0 Å². The number of fused-ring (bicyclic) bond motifs is 1. The SMILES string of the molecule is CN1C[C@@H]2CCCN(C)[C@]2(N)C1. The molecule has 2 fully saturated rings. The van der Waals surface area contributed by atoms with Crippen LogP contribution in [0, 0.1) is 5.92 Å². The molecule has 0 aromatic rings. The van der Waals surface area contributed by atoms with Crippen LogP contribution in [-0.4, -0.2) is 49.2 Å². The van der Waals surface area contributed by atoms with Gasteiger partial charge >= 0.3 is 0 Å². The van der Waals surface area contributed by atoms with E-state index in [4.69, 9.17) is 5.73 Å². The van der Waals surface area contributed by atoms with Crippen LogP contribution in [-0.2, 0) is 0 Å². The number of piperidine rings is 1. The Bertz CT molecular complexity index is 183. The number of likely N-dealkylation sites (tertiary alicyclic amines) is 2. The predicted octanol–water partition coefficient (Wildman–Crippen LogP) is -0.0714. The van der Waals surface area contributed by atoms with Crippen LogP contribution in [0.4, 0.5) is 0 Å². The van der Waals surface area contributed by atoms with Gasteiger partial charge in [0.25, 0.3) is 0 Å². The van der Waals surface area contributed by atoms with Gasteiger partial charge in [-0.3, -0.25) is 4.90 Å². The van der Waals surface area contributed by atoms with Crippen molar-refractivity contribution in [1.29, 1.82) is 0 Å². The molecule has 3 nitrogen and oxygen atoms in total. The Labute approximate surface area is 74.5 Å².